The van der Waals surface area contributed by atoms with E-state index in [2.05, 4.69) is 56.1 Å². The quantitative estimate of drug-likeness (QED) is 0.852. The number of rotatable bonds is 1. The lowest BCUT2D eigenvalue weighted by Crippen LogP contribution is -2.57. The van der Waals surface area contributed by atoms with Gasteiger partial charge in [-0.3, -0.25) is 0 Å². The van der Waals surface area contributed by atoms with Crippen molar-refractivity contribution >= 4 is 5.69 Å². The highest BCUT2D eigenvalue weighted by Gasteiger charge is 2.38. The van der Waals surface area contributed by atoms with Crippen molar-refractivity contribution in [3.63, 3.8) is 0 Å². The Labute approximate surface area is 122 Å². The number of benzene rings is 1. The topological polar surface area (TPSA) is 24.5 Å². The first kappa shape index (κ1) is 13.9. The molecule has 3 heteroatoms. The summed E-state index contributed by atoms with van der Waals surface area (Å²) in [7, 11) is 0. The van der Waals surface area contributed by atoms with Crippen LogP contribution < -0.4 is 10.2 Å². The van der Waals surface area contributed by atoms with Gasteiger partial charge in [0.1, 0.15) is 0 Å². The van der Waals surface area contributed by atoms with Gasteiger partial charge in [0, 0.05) is 25.3 Å². The Morgan fingerprint density at radius 2 is 1.80 bits per heavy atom. The number of anilines is 1. The number of morpholine rings is 1. The molecule has 3 nitrogen and oxygen atoms in total. The SMILES string of the molecule is CC1(C)CN(c2cccc3c2CCNC3)CC(C)(C)O1. The van der Waals surface area contributed by atoms with Crippen LogP contribution in [0.2, 0.25) is 0 Å². The standard InChI is InChI=1S/C17H26N2O/c1-16(2)11-19(12-17(3,4)20-16)15-7-5-6-13-10-18-9-8-14(13)15/h5-7,18H,8-12H2,1-4H3. The third-order valence-corrected chi connectivity index (χ3v) is 4.15. The van der Waals surface area contributed by atoms with Crippen molar-refractivity contribution in [2.75, 3.05) is 24.5 Å². The molecule has 0 atom stereocenters. The van der Waals surface area contributed by atoms with Gasteiger partial charge in [0.15, 0.2) is 0 Å². The molecule has 1 fully saturated rings. The van der Waals surface area contributed by atoms with Gasteiger partial charge in [-0.2, -0.15) is 0 Å². The van der Waals surface area contributed by atoms with E-state index in [1.54, 1.807) is 0 Å². The minimum atomic E-state index is -0.0998. The van der Waals surface area contributed by atoms with Crippen molar-refractivity contribution < 1.29 is 4.74 Å². The monoisotopic (exact) mass is 274 g/mol. The maximum Gasteiger partial charge on any atom is 0.0808 e. The molecule has 20 heavy (non-hydrogen) atoms. The van der Waals surface area contributed by atoms with Crippen LogP contribution in [0.15, 0.2) is 18.2 Å². The molecule has 0 radical (unpaired) electrons. The fourth-order valence-corrected chi connectivity index (χ4v) is 3.77. The zero-order chi connectivity index (χ0) is 14.4. The Morgan fingerprint density at radius 3 is 2.50 bits per heavy atom. The van der Waals surface area contributed by atoms with E-state index in [4.69, 9.17) is 4.74 Å². The first-order valence-electron chi connectivity index (χ1n) is 7.63. The molecule has 0 saturated carbocycles. The Morgan fingerprint density at radius 1 is 1.10 bits per heavy atom. The van der Waals surface area contributed by atoms with Crippen LogP contribution in [0.4, 0.5) is 5.69 Å². The number of hydrogen-bond acceptors (Lipinski definition) is 3. The smallest absolute Gasteiger partial charge is 0.0808 e. The van der Waals surface area contributed by atoms with Crippen LogP contribution >= 0.6 is 0 Å². The highest BCUT2D eigenvalue weighted by atomic mass is 16.5. The van der Waals surface area contributed by atoms with Crippen LogP contribution in [0.3, 0.4) is 0 Å². The highest BCUT2D eigenvalue weighted by molar-refractivity contribution is 5.58. The molecule has 0 bridgehead atoms. The fraction of sp³-hybridized carbons (Fsp3) is 0.647. The first-order valence-corrected chi connectivity index (χ1v) is 7.63. The lowest BCUT2D eigenvalue weighted by Gasteiger charge is -2.48. The molecular formula is C17H26N2O. The summed E-state index contributed by atoms with van der Waals surface area (Å²) in [5.41, 5.74) is 4.19. The third kappa shape index (κ3) is 2.70. The van der Waals surface area contributed by atoms with E-state index >= 15 is 0 Å². The lowest BCUT2D eigenvalue weighted by molar-refractivity contribution is -0.133. The van der Waals surface area contributed by atoms with E-state index in [0.29, 0.717) is 0 Å². The minimum absolute atomic E-state index is 0.0998. The Kier molecular flexibility index (Phi) is 3.30. The zero-order valence-corrected chi connectivity index (χ0v) is 13.1. The maximum atomic E-state index is 6.20. The van der Waals surface area contributed by atoms with E-state index in [0.717, 1.165) is 32.6 Å². The molecule has 0 unspecified atom stereocenters. The predicted molar refractivity (Wildman–Crippen MR) is 83.3 cm³/mol. The second-order valence-corrected chi connectivity index (χ2v) is 7.32. The predicted octanol–water partition coefficient (Wildman–Crippen LogP) is 2.73. The number of hydrogen-bond donors (Lipinski definition) is 1. The van der Waals surface area contributed by atoms with E-state index in [-0.39, 0.29) is 11.2 Å². The van der Waals surface area contributed by atoms with Crippen LogP contribution in [-0.4, -0.2) is 30.8 Å². The molecule has 1 N–H and O–H groups in total. The van der Waals surface area contributed by atoms with Gasteiger partial charge in [-0.15, -0.1) is 0 Å². The highest BCUT2D eigenvalue weighted by Crippen LogP contribution is 2.34. The zero-order valence-electron chi connectivity index (χ0n) is 13.1. The van der Waals surface area contributed by atoms with Crippen molar-refractivity contribution in [3.8, 4) is 0 Å². The molecule has 1 aromatic carbocycles. The second kappa shape index (κ2) is 4.74. The van der Waals surface area contributed by atoms with Gasteiger partial charge in [-0.25, -0.2) is 0 Å². The van der Waals surface area contributed by atoms with E-state index in [9.17, 15) is 0 Å². The van der Waals surface area contributed by atoms with Crippen LogP contribution in [0.1, 0.15) is 38.8 Å². The van der Waals surface area contributed by atoms with Gasteiger partial charge in [-0.1, -0.05) is 12.1 Å². The molecule has 1 saturated heterocycles. The van der Waals surface area contributed by atoms with Gasteiger partial charge < -0.3 is 15.0 Å². The summed E-state index contributed by atoms with van der Waals surface area (Å²) >= 11 is 0. The summed E-state index contributed by atoms with van der Waals surface area (Å²) < 4.78 is 6.20. The summed E-state index contributed by atoms with van der Waals surface area (Å²) in [5, 5.41) is 3.46. The van der Waals surface area contributed by atoms with Gasteiger partial charge in [0.05, 0.1) is 11.2 Å². The molecule has 2 aliphatic heterocycles. The normalized spacial score (nSPS) is 24.3. The molecule has 110 valence electrons. The molecule has 0 spiro atoms. The average Bonchev–Trinajstić information content (AvgIpc) is 2.34. The molecule has 2 aliphatic rings. The number of ether oxygens (including phenoxy) is 1. The molecule has 3 rings (SSSR count). The summed E-state index contributed by atoms with van der Waals surface area (Å²) in [4.78, 5) is 2.52. The number of fused-ring (bicyclic) bond motifs is 1. The summed E-state index contributed by atoms with van der Waals surface area (Å²) in [6.45, 7) is 12.8. The molecule has 1 aromatic rings. The van der Waals surface area contributed by atoms with Crippen molar-refractivity contribution in [1.82, 2.24) is 5.32 Å². The molecular weight excluding hydrogens is 248 g/mol. The second-order valence-electron chi connectivity index (χ2n) is 7.32. The van der Waals surface area contributed by atoms with Gasteiger partial charge in [0.25, 0.3) is 0 Å². The fourth-order valence-electron chi connectivity index (χ4n) is 3.77. The Hall–Kier alpha value is -1.06. The van der Waals surface area contributed by atoms with Crippen LogP contribution in [-0.2, 0) is 17.7 Å². The molecule has 0 aromatic heterocycles. The maximum absolute atomic E-state index is 6.20. The van der Waals surface area contributed by atoms with Gasteiger partial charge >= 0.3 is 0 Å². The average molecular weight is 274 g/mol. The van der Waals surface area contributed by atoms with Crippen molar-refractivity contribution in [2.45, 2.75) is 51.9 Å². The molecule has 0 amide bonds. The molecule has 2 heterocycles. The van der Waals surface area contributed by atoms with Crippen LogP contribution in [0.5, 0.6) is 0 Å². The van der Waals surface area contributed by atoms with Gasteiger partial charge in [-0.05, 0) is 57.9 Å². The third-order valence-electron chi connectivity index (χ3n) is 4.15. The van der Waals surface area contributed by atoms with Gasteiger partial charge in [0.2, 0.25) is 0 Å². The summed E-state index contributed by atoms with van der Waals surface area (Å²) in [6.07, 6.45) is 1.13. The lowest BCUT2D eigenvalue weighted by atomic mass is 9.94. The molecule has 0 aliphatic carbocycles. The minimum Gasteiger partial charge on any atom is -0.366 e. The number of nitrogens with one attached hydrogen (secondary N) is 1. The van der Waals surface area contributed by atoms with Crippen molar-refractivity contribution in [1.29, 1.82) is 0 Å². The van der Waals surface area contributed by atoms with Crippen molar-refractivity contribution in [3.05, 3.63) is 29.3 Å². The van der Waals surface area contributed by atoms with E-state index in [1.165, 1.54) is 16.8 Å². The van der Waals surface area contributed by atoms with Crippen molar-refractivity contribution in [2.24, 2.45) is 0 Å². The van der Waals surface area contributed by atoms with Crippen LogP contribution in [0.25, 0.3) is 0 Å². The Balaban J connectivity index is 1.96. The van der Waals surface area contributed by atoms with Crippen LogP contribution in [0, 0.1) is 0 Å². The Bertz CT molecular complexity index is 492. The van der Waals surface area contributed by atoms with E-state index < -0.39 is 0 Å². The van der Waals surface area contributed by atoms with E-state index in [1.807, 2.05) is 0 Å². The summed E-state index contributed by atoms with van der Waals surface area (Å²) in [5.74, 6) is 0. The largest absolute Gasteiger partial charge is 0.366 e. The first-order chi connectivity index (χ1) is 9.36. The number of nitrogens with zero attached hydrogens (tertiary/aromatic N) is 1. The summed E-state index contributed by atoms with van der Waals surface area (Å²) in [6, 6.07) is 6.72.